The first-order valence-electron chi connectivity index (χ1n) is 6.70. The lowest BCUT2D eigenvalue weighted by molar-refractivity contribution is -0.133. The van der Waals surface area contributed by atoms with Crippen LogP contribution in [0.2, 0.25) is 0 Å². The molecule has 2 heterocycles. The minimum atomic E-state index is -1.35. The van der Waals surface area contributed by atoms with Crippen LogP contribution in [-0.2, 0) is 23.9 Å². The Morgan fingerprint density at radius 1 is 1.43 bits per heavy atom. The lowest BCUT2D eigenvalue weighted by atomic mass is 10.00. The number of carbonyl (C=O) groups excluding carboxylic acids is 2. The zero-order valence-corrected chi connectivity index (χ0v) is 11.8. The predicted octanol–water partition coefficient (Wildman–Crippen LogP) is 1.87. The molecule has 0 aliphatic carbocycles. The van der Waals surface area contributed by atoms with Gasteiger partial charge in [-0.15, -0.1) is 0 Å². The molecule has 2 rings (SSSR count). The van der Waals surface area contributed by atoms with Crippen molar-refractivity contribution in [1.29, 1.82) is 0 Å². The molecular formula is C15H16O6. The molecule has 1 N–H and O–H groups in total. The molecule has 0 unspecified atom stereocenters. The first kappa shape index (κ1) is 15.0. The number of carboxylic acid groups (broad SMARTS) is 1. The quantitative estimate of drug-likeness (QED) is 0.483. The molecule has 0 spiro atoms. The number of unbranched alkanes of at least 4 members (excludes halogenated alkanes) is 1. The molecule has 6 nitrogen and oxygen atoms in total. The van der Waals surface area contributed by atoms with Gasteiger partial charge in [0.2, 0.25) is 5.78 Å². The number of ketones is 1. The van der Waals surface area contributed by atoms with E-state index in [0.717, 1.165) is 19.3 Å². The minimum absolute atomic E-state index is 0.136. The Labute approximate surface area is 121 Å². The van der Waals surface area contributed by atoms with Gasteiger partial charge < -0.3 is 14.6 Å². The molecular weight excluding hydrogens is 276 g/mol. The molecule has 0 aromatic carbocycles. The standard InChI is InChI=1S/C15H16O6/c1-3-4-6-15(2)7-5-9(21-15)12-13(18)10(8-11(16)17)20-14(12)19/h5,7-8H,3-4,6H2,1-2H3,(H,16,17)/b10-8-,12-9-/t15-/m1/s1. The number of carboxylic acids is 1. The Bertz CT molecular complexity index is 595. The number of allylic oxidation sites excluding steroid dienone is 2. The first-order valence-corrected chi connectivity index (χ1v) is 6.70. The monoisotopic (exact) mass is 292 g/mol. The number of Topliss-reactive ketones (excluding diaryl/α,β-unsaturated/α-hetero) is 1. The third-order valence-corrected chi connectivity index (χ3v) is 3.32. The van der Waals surface area contributed by atoms with Gasteiger partial charge >= 0.3 is 11.9 Å². The van der Waals surface area contributed by atoms with Crippen molar-refractivity contribution in [2.24, 2.45) is 0 Å². The van der Waals surface area contributed by atoms with Crippen LogP contribution in [0.4, 0.5) is 0 Å². The summed E-state index contributed by atoms with van der Waals surface area (Å²) in [5, 5.41) is 8.63. The molecule has 21 heavy (non-hydrogen) atoms. The van der Waals surface area contributed by atoms with Crippen molar-refractivity contribution < 1.29 is 29.0 Å². The third kappa shape index (κ3) is 3.04. The van der Waals surface area contributed by atoms with E-state index in [1.165, 1.54) is 0 Å². The molecule has 0 aromatic heterocycles. The minimum Gasteiger partial charge on any atom is -0.482 e. The van der Waals surface area contributed by atoms with E-state index in [0.29, 0.717) is 6.08 Å². The maximum Gasteiger partial charge on any atom is 0.351 e. The van der Waals surface area contributed by atoms with Crippen molar-refractivity contribution in [3.63, 3.8) is 0 Å². The van der Waals surface area contributed by atoms with Crippen molar-refractivity contribution in [1.82, 2.24) is 0 Å². The zero-order chi connectivity index (χ0) is 15.6. The Morgan fingerprint density at radius 2 is 2.14 bits per heavy atom. The summed E-state index contributed by atoms with van der Waals surface area (Å²) in [5.74, 6) is -3.35. The first-order chi connectivity index (χ1) is 9.86. The molecule has 0 radical (unpaired) electrons. The molecule has 1 saturated heterocycles. The van der Waals surface area contributed by atoms with Crippen LogP contribution in [-0.4, -0.2) is 28.4 Å². The normalized spacial score (nSPS) is 29.9. The van der Waals surface area contributed by atoms with E-state index in [9.17, 15) is 14.4 Å². The summed E-state index contributed by atoms with van der Waals surface area (Å²) in [6, 6.07) is 0. The fraction of sp³-hybridized carbons (Fsp3) is 0.400. The van der Waals surface area contributed by atoms with E-state index in [2.05, 4.69) is 11.7 Å². The number of hydrogen-bond acceptors (Lipinski definition) is 5. The summed E-state index contributed by atoms with van der Waals surface area (Å²) in [5.41, 5.74) is -0.808. The van der Waals surface area contributed by atoms with Crippen molar-refractivity contribution in [3.8, 4) is 0 Å². The Kier molecular flexibility index (Phi) is 3.97. The van der Waals surface area contributed by atoms with Crippen molar-refractivity contribution in [2.45, 2.75) is 38.7 Å². The molecule has 0 bridgehead atoms. The van der Waals surface area contributed by atoms with E-state index in [1.54, 1.807) is 12.2 Å². The third-order valence-electron chi connectivity index (χ3n) is 3.32. The Hall–Kier alpha value is -2.37. The van der Waals surface area contributed by atoms with Crippen molar-refractivity contribution in [3.05, 3.63) is 35.3 Å². The molecule has 112 valence electrons. The second kappa shape index (κ2) is 5.55. The van der Waals surface area contributed by atoms with Gasteiger partial charge in [-0.2, -0.15) is 0 Å². The summed E-state index contributed by atoms with van der Waals surface area (Å²) >= 11 is 0. The summed E-state index contributed by atoms with van der Waals surface area (Å²) in [4.78, 5) is 34.3. The zero-order valence-electron chi connectivity index (χ0n) is 11.8. The van der Waals surface area contributed by atoms with Gasteiger partial charge in [0.05, 0.1) is 6.08 Å². The maximum absolute atomic E-state index is 12.0. The summed E-state index contributed by atoms with van der Waals surface area (Å²) < 4.78 is 10.4. The number of cyclic esters (lactones) is 1. The SMILES string of the molecule is CCCC[C@]1(C)C=C/C(=C2/C(=O)O/C(=C\C(=O)O)C2=O)O1. The van der Waals surface area contributed by atoms with Crippen LogP contribution in [0.5, 0.6) is 0 Å². The van der Waals surface area contributed by atoms with E-state index in [1.807, 2.05) is 6.92 Å². The number of carbonyl (C=O) groups is 3. The summed E-state index contributed by atoms with van der Waals surface area (Å²) in [7, 11) is 0. The molecule has 1 fully saturated rings. The fourth-order valence-electron chi connectivity index (χ4n) is 2.20. The highest BCUT2D eigenvalue weighted by Crippen LogP contribution is 2.34. The van der Waals surface area contributed by atoms with E-state index < -0.39 is 29.1 Å². The van der Waals surface area contributed by atoms with Crippen molar-refractivity contribution >= 4 is 17.7 Å². The predicted molar refractivity (Wildman–Crippen MR) is 72.0 cm³/mol. The summed E-state index contributed by atoms with van der Waals surface area (Å²) in [6.45, 7) is 3.92. The number of rotatable bonds is 4. The van der Waals surface area contributed by atoms with Crippen LogP contribution in [0.25, 0.3) is 0 Å². The van der Waals surface area contributed by atoms with Gasteiger partial charge in [-0.05, 0) is 31.9 Å². The van der Waals surface area contributed by atoms with Crippen LogP contribution < -0.4 is 0 Å². The highest BCUT2D eigenvalue weighted by Gasteiger charge is 2.41. The molecule has 0 saturated carbocycles. The Balaban J connectivity index is 2.26. The average molecular weight is 292 g/mol. The number of esters is 1. The van der Waals surface area contributed by atoms with Crippen molar-refractivity contribution in [2.75, 3.05) is 0 Å². The van der Waals surface area contributed by atoms with Crippen LogP contribution in [0, 0.1) is 0 Å². The van der Waals surface area contributed by atoms with Gasteiger partial charge in [-0.1, -0.05) is 13.3 Å². The van der Waals surface area contributed by atoms with Gasteiger partial charge in [0.15, 0.2) is 11.3 Å². The van der Waals surface area contributed by atoms with Crippen LogP contribution >= 0.6 is 0 Å². The second-order valence-electron chi connectivity index (χ2n) is 5.16. The van der Waals surface area contributed by atoms with E-state index >= 15 is 0 Å². The highest BCUT2D eigenvalue weighted by molar-refractivity contribution is 6.29. The lowest BCUT2D eigenvalue weighted by Crippen LogP contribution is -2.22. The summed E-state index contributed by atoms with van der Waals surface area (Å²) in [6.07, 6.45) is 6.65. The largest absolute Gasteiger partial charge is 0.482 e. The molecule has 6 heteroatoms. The average Bonchev–Trinajstić information content (AvgIpc) is 2.89. The van der Waals surface area contributed by atoms with Gasteiger partial charge in [0.25, 0.3) is 0 Å². The maximum atomic E-state index is 12.0. The second-order valence-corrected chi connectivity index (χ2v) is 5.16. The molecule has 0 aromatic rings. The van der Waals surface area contributed by atoms with Crippen LogP contribution in [0.1, 0.15) is 33.1 Å². The lowest BCUT2D eigenvalue weighted by Gasteiger charge is -2.22. The van der Waals surface area contributed by atoms with Gasteiger partial charge in [-0.25, -0.2) is 9.59 Å². The number of hydrogen-bond donors (Lipinski definition) is 1. The molecule has 1 atom stereocenters. The number of ether oxygens (including phenoxy) is 2. The highest BCUT2D eigenvalue weighted by atomic mass is 16.6. The van der Waals surface area contributed by atoms with Gasteiger partial charge in [0.1, 0.15) is 11.4 Å². The molecule has 0 amide bonds. The number of aliphatic carboxylic acids is 1. The van der Waals surface area contributed by atoms with Gasteiger partial charge in [0, 0.05) is 0 Å². The van der Waals surface area contributed by atoms with Crippen LogP contribution in [0.3, 0.4) is 0 Å². The fourth-order valence-corrected chi connectivity index (χ4v) is 2.20. The smallest absolute Gasteiger partial charge is 0.351 e. The molecule has 2 aliphatic rings. The van der Waals surface area contributed by atoms with Gasteiger partial charge in [-0.3, -0.25) is 4.79 Å². The van der Waals surface area contributed by atoms with E-state index in [4.69, 9.17) is 9.84 Å². The van der Waals surface area contributed by atoms with E-state index in [-0.39, 0.29) is 11.3 Å². The topological polar surface area (TPSA) is 89.9 Å². The Morgan fingerprint density at radius 3 is 2.76 bits per heavy atom. The molecule has 2 aliphatic heterocycles. The van der Waals surface area contributed by atoms with Crippen LogP contribution in [0.15, 0.2) is 35.3 Å².